The summed E-state index contributed by atoms with van der Waals surface area (Å²) in [4.78, 5) is 14.7. The fraction of sp³-hybridized carbons (Fsp3) is 0.458. The minimum absolute atomic E-state index is 0. The van der Waals surface area contributed by atoms with Crippen LogP contribution in [-0.4, -0.2) is 48.1 Å². The van der Waals surface area contributed by atoms with Gasteiger partial charge in [0.15, 0.2) is 0 Å². The second kappa shape index (κ2) is 10.3. The molecule has 0 spiro atoms. The van der Waals surface area contributed by atoms with Crippen molar-refractivity contribution in [1.29, 1.82) is 0 Å². The van der Waals surface area contributed by atoms with Gasteiger partial charge in [0.05, 0.1) is 11.2 Å². The first-order chi connectivity index (χ1) is 15.2. The van der Waals surface area contributed by atoms with Crippen molar-refractivity contribution < 1.29 is 23.1 Å². The summed E-state index contributed by atoms with van der Waals surface area (Å²) in [5, 5.41) is 17.3. The van der Waals surface area contributed by atoms with Gasteiger partial charge in [-0.05, 0) is 80.7 Å². The lowest BCUT2D eigenvalue weighted by Gasteiger charge is -2.34. The van der Waals surface area contributed by atoms with E-state index in [9.17, 15) is 23.1 Å². The Morgan fingerprint density at radius 1 is 1.00 bits per heavy atom. The Morgan fingerprint density at radius 2 is 1.58 bits per heavy atom. The van der Waals surface area contributed by atoms with Crippen molar-refractivity contribution in [2.45, 2.75) is 43.5 Å². The number of nitrogens with zero attached hydrogens (tertiary/aromatic N) is 1. The SMILES string of the molecule is Cl.O=C(c1ccc(C2(O)CCNCC2)cc1)N1CCC(Nc2ccc(C(F)(F)F)cc2)CC1. The number of amides is 1. The lowest BCUT2D eigenvalue weighted by molar-refractivity contribution is -0.137. The van der Waals surface area contributed by atoms with E-state index in [0.29, 0.717) is 37.2 Å². The van der Waals surface area contributed by atoms with E-state index in [1.807, 2.05) is 12.1 Å². The highest BCUT2D eigenvalue weighted by Gasteiger charge is 2.32. The third kappa shape index (κ3) is 5.99. The highest BCUT2D eigenvalue weighted by molar-refractivity contribution is 5.94. The molecule has 0 atom stereocenters. The van der Waals surface area contributed by atoms with Crippen molar-refractivity contribution in [3.8, 4) is 0 Å². The number of likely N-dealkylation sites (tertiary alicyclic amines) is 1. The summed E-state index contributed by atoms with van der Waals surface area (Å²) in [6, 6.07) is 12.4. The maximum absolute atomic E-state index is 12.9. The van der Waals surface area contributed by atoms with Crippen LogP contribution in [0, 0.1) is 0 Å². The number of rotatable bonds is 4. The summed E-state index contributed by atoms with van der Waals surface area (Å²) in [5.74, 6) is -0.0400. The molecule has 2 aliphatic heterocycles. The number of hydrogen-bond acceptors (Lipinski definition) is 4. The molecule has 9 heteroatoms. The van der Waals surface area contributed by atoms with Crippen LogP contribution in [-0.2, 0) is 11.8 Å². The number of aliphatic hydroxyl groups is 1. The summed E-state index contributed by atoms with van der Waals surface area (Å²) in [6.07, 6.45) is -1.59. The molecule has 2 aromatic rings. The van der Waals surface area contributed by atoms with Crippen molar-refractivity contribution in [1.82, 2.24) is 10.2 Å². The Hall–Kier alpha value is -2.29. The van der Waals surface area contributed by atoms with Gasteiger partial charge in [0.1, 0.15) is 0 Å². The van der Waals surface area contributed by atoms with Crippen LogP contribution in [0.15, 0.2) is 48.5 Å². The van der Waals surface area contributed by atoms with E-state index in [1.165, 1.54) is 12.1 Å². The predicted molar refractivity (Wildman–Crippen MR) is 124 cm³/mol. The zero-order valence-electron chi connectivity index (χ0n) is 18.2. The van der Waals surface area contributed by atoms with E-state index < -0.39 is 17.3 Å². The first kappa shape index (κ1) is 25.3. The van der Waals surface area contributed by atoms with Crippen molar-refractivity contribution >= 4 is 24.0 Å². The fourth-order valence-corrected chi connectivity index (χ4v) is 4.45. The molecule has 0 aliphatic carbocycles. The summed E-state index contributed by atoms with van der Waals surface area (Å²) in [5.41, 5.74) is 0.584. The second-order valence-electron chi connectivity index (χ2n) is 8.64. The van der Waals surface area contributed by atoms with E-state index in [4.69, 9.17) is 0 Å². The average molecular weight is 484 g/mol. The molecule has 2 saturated heterocycles. The standard InChI is InChI=1S/C24H28F3N3O2.ClH/c25-24(26,27)19-5-7-20(8-6-19)29-21-9-15-30(16-10-21)22(31)17-1-3-18(4-2-17)23(32)11-13-28-14-12-23;/h1-8,21,28-29,32H,9-16H2;1H. The van der Waals surface area contributed by atoms with E-state index in [1.54, 1.807) is 17.0 Å². The number of nitrogens with one attached hydrogen (secondary N) is 2. The topological polar surface area (TPSA) is 64.6 Å². The van der Waals surface area contributed by atoms with Gasteiger partial charge in [-0.3, -0.25) is 4.79 Å². The molecule has 2 aliphatic rings. The summed E-state index contributed by atoms with van der Waals surface area (Å²) in [7, 11) is 0. The monoisotopic (exact) mass is 483 g/mol. The van der Waals surface area contributed by atoms with Gasteiger partial charge in [-0.15, -0.1) is 12.4 Å². The smallest absolute Gasteiger partial charge is 0.385 e. The molecule has 0 saturated carbocycles. The van der Waals surface area contributed by atoms with Gasteiger partial charge in [0, 0.05) is 30.4 Å². The third-order valence-electron chi connectivity index (χ3n) is 6.47. The number of benzene rings is 2. The predicted octanol–water partition coefficient (Wildman–Crippen LogP) is 4.41. The Balaban J connectivity index is 0.00000306. The quantitative estimate of drug-likeness (QED) is 0.602. The summed E-state index contributed by atoms with van der Waals surface area (Å²) in [6.45, 7) is 2.70. The van der Waals surface area contributed by atoms with Crippen molar-refractivity contribution in [3.63, 3.8) is 0 Å². The van der Waals surface area contributed by atoms with Crippen LogP contribution in [0.4, 0.5) is 18.9 Å². The van der Waals surface area contributed by atoms with E-state index >= 15 is 0 Å². The molecule has 2 aromatic carbocycles. The van der Waals surface area contributed by atoms with Crippen LogP contribution in [0.3, 0.4) is 0 Å². The molecule has 2 fully saturated rings. The van der Waals surface area contributed by atoms with Crippen LogP contribution in [0.1, 0.15) is 47.2 Å². The number of carbonyl (C=O) groups excluding carboxylic acids is 1. The summed E-state index contributed by atoms with van der Waals surface area (Å²) < 4.78 is 38.1. The van der Waals surface area contributed by atoms with Crippen LogP contribution < -0.4 is 10.6 Å². The maximum atomic E-state index is 12.9. The molecule has 0 radical (unpaired) electrons. The maximum Gasteiger partial charge on any atom is 0.416 e. The molecule has 4 rings (SSSR count). The second-order valence-corrected chi connectivity index (χ2v) is 8.64. The fourth-order valence-electron chi connectivity index (χ4n) is 4.45. The zero-order valence-corrected chi connectivity index (χ0v) is 19.0. The Bertz CT molecular complexity index is 921. The first-order valence-corrected chi connectivity index (χ1v) is 11.0. The minimum Gasteiger partial charge on any atom is -0.385 e. The van der Waals surface area contributed by atoms with Crippen LogP contribution in [0.25, 0.3) is 0 Å². The van der Waals surface area contributed by atoms with Crippen LogP contribution in [0.5, 0.6) is 0 Å². The lowest BCUT2D eigenvalue weighted by Crippen LogP contribution is -2.42. The van der Waals surface area contributed by atoms with E-state index in [-0.39, 0.29) is 24.4 Å². The average Bonchev–Trinajstić information content (AvgIpc) is 2.79. The molecule has 0 unspecified atom stereocenters. The Kier molecular flexibility index (Phi) is 7.92. The minimum atomic E-state index is -4.34. The highest BCUT2D eigenvalue weighted by atomic mass is 35.5. The molecule has 1 amide bonds. The van der Waals surface area contributed by atoms with Gasteiger partial charge in [0.2, 0.25) is 0 Å². The molecule has 33 heavy (non-hydrogen) atoms. The van der Waals surface area contributed by atoms with Crippen molar-refractivity contribution in [3.05, 3.63) is 65.2 Å². The van der Waals surface area contributed by atoms with E-state index in [2.05, 4.69) is 10.6 Å². The zero-order chi connectivity index (χ0) is 22.8. The molecule has 3 N–H and O–H groups in total. The first-order valence-electron chi connectivity index (χ1n) is 11.0. The number of anilines is 1. The number of hydrogen-bond donors (Lipinski definition) is 3. The largest absolute Gasteiger partial charge is 0.416 e. The third-order valence-corrected chi connectivity index (χ3v) is 6.47. The van der Waals surface area contributed by atoms with Gasteiger partial charge in [0.25, 0.3) is 5.91 Å². The summed E-state index contributed by atoms with van der Waals surface area (Å²) >= 11 is 0. The number of alkyl halides is 3. The lowest BCUT2D eigenvalue weighted by atomic mass is 9.85. The molecular weight excluding hydrogens is 455 g/mol. The molecule has 0 bridgehead atoms. The van der Waals surface area contributed by atoms with Crippen LogP contribution in [0.2, 0.25) is 0 Å². The molecule has 180 valence electrons. The van der Waals surface area contributed by atoms with Gasteiger partial charge in [-0.1, -0.05) is 12.1 Å². The Morgan fingerprint density at radius 3 is 2.12 bits per heavy atom. The van der Waals surface area contributed by atoms with Gasteiger partial charge < -0.3 is 20.6 Å². The van der Waals surface area contributed by atoms with E-state index in [0.717, 1.165) is 43.6 Å². The van der Waals surface area contributed by atoms with Crippen molar-refractivity contribution in [2.24, 2.45) is 0 Å². The normalized spacial score (nSPS) is 19.0. The number of halogens is 4. The van der Waals surface area contributed by atoms with Crippen LogP contribution >= 0.6 is 12.4 Å². The van der Waals surface area contributed by atoms with Gasteiger partial charge in [-0.25, -0.2) is 0 Å². The van der Waals surface area contributed by atoms with Gasteiger partial charge in [-0.2, -0.15) is 13.2 Å². The Labute approximate surface area is 197 Å². The van der Waals surface area contributed by atoms with Gasteiger partial charge >= 0.3 is 6.18 Å². The number of carbonyl (C=O) groups is 1. The van der Waals surface area contributed by atoms with Crippen molar-refractivity contribution in [2.75, 3.05) is 31.5 Å². The number of piperidine rings is 2. The molecule has 2 heterocycles. The molecule has 0 aromatic heterocycles. The molecule has 5 nitrogen and oxygen atoms in total. The molecular formula is C24H29ClF3N3O2. The highest BCUT2D eigenvalue weighted by Crippen LogP contribution is 2.31.